The maximum Gasteiger partial charge on any atom is 0.490 e. The Bertz CT molecular complexity index is 4020. The highest BCUT2D eigenvalue weighted by Gasteiger charge is 2.39. The van der Waals surface area contributed by atoms with Gasteiger partial charge in [0.05, 0.1) is 25.3 Å². The summed E-state index contributed by atoms with van der Waals surface area (Å²) in [4.78, 5) is 29.2. The van der Waals surface area contributed by atoms with Crippen molar-refractivity contribution >= 4 is 110 Å². The molecule has 12 N–H and O–H groups in total. The molecule has 0 spiro atoms. The number of carboxylic acids is 3. The monoisotopic (exact) mass is 1310 g/mol. The van der Waals surface area contributed by atoms with E-state index in [1.54, 1.807) is 48.5 Å². The number of amidine groups is 3. The minimum Gasteiger partial charge on any atom is -0.489 e. The Labute approximate surface area is 503 Å². The van der Waals surface area contributed by atoms with Crippen LogP contribution in [0.1, 0.15) is 31.3 Å². The summed E-state index contributed by atoms with van der Waals surface area (Å²) in [5.41, 5.74) is 19.0. The second-order valence-electron chi connectivity index (χ2n) is 17.0. The van der Waals surface area contributed by atoms with Crippen molar-refractivity contribution in [2.45, 2.75) is 42.4 Å². The molecule has 0 unspecified atom stereocenters. The maximum atomic E-state index is 12.8. The third-order valence-electron chi connectivity index (χ3n) is 10.6. The van der Waals surface area contributed by atoms with Crippen LogP contribution >= 0.6 is 34.0 Å². The van der Waals surface area contributed by atoms with Gasteiger partial charge in [0.25, 0.3) is 0 Å². The van der Waals surface area contributed by atoms with Crippen molar-refractivity contribution in [2.24, 2.45) is 17.2 Å². The molecule has 0 amide bonds. The number of hydrogen-bond acceptors (Lipinski definition) is 15. The standard InChI is InChI=1S/C23H20N2O3S2.C16H13FN2OS.C11H9N3OS.3C2HF3O2/c24-23(25)22-12-16-10-11-19(13-21(16)29-22)28-14-17-6-4-5-7-18(17)15-30(26,27)20-8-2-1-3-9-20;17-12-4-1-10(2-5-12)9-20-13-6-3-11-7-15(16(18)19)21-14(11)8-13;12-4-5-15-8-2-1-3-9-7(8)6-10(16-9)11(13)14;3*3-2(4,5)1(6)7/h1-13H,14-15H2,(H3,24,25);1-8H,9H2,(H3,18,19);1-3,6H,5H2,(H3,13,14);3*(H,6,7). The predicted octanol–water partition coefficient (Wildman–Crippen LogP) is 12.6. The Morgan fingerprint density at radius 1 is 0.523 bits per heavy atom. The summed E-state index contributed by atoms with van der Waals surface area (Å²) in [6, 6.07) is 46.7. The Hall–Kier alpha value is -9.84. The molecule has 9 rings (SSSR count). The fraction of sp³-hybridized carbons (Fsp3) is 0.125. The van der Waals surface area contributed by atoms with E-state index in [1.165, 1.54) is 46.1 Å². The number of thiophene rings is 3. The number of nitrogens with zero attached hydrogens (tertiary/aromatic N) is 1. The molecule has 88 heavy (non-hydrogen) atoms. The number of carbonyl (C=O) groups is 3. The van der Waals surface area contributed by atoms with Gasteiger partial charge < -0.3 is 46.7 Å². The van der Waals surface area contributed by atoms with E-state index in [0.29, 0.717) is 27.9 Å². The van der Waals surface area contributed by atoms with Crippen molar-refractivity contribution in [1.82, 2.24) is 0 Å². The number of ether oxygens (including phenoxy) is 3. The highest BCUT2D eigenvalue weighted by molar-refractivity contribution is 7.90. The molecule has 18 nitrogen and oxygen atoms in total. The van der Waals surface area contributed by atoms with Gasteiger partial charge >= 0.3 is 36.4 Å². The summed E-state index contributed by atoms with van der Waals surface area (Å²) in [7, 11) is -3.44. The number of benzene rings is 6. The first-order valence-corrected chi connectivity index (χ1v) is 28.1. The van der Waals surface area contributed by atoms with Gasteiger partial charge in [0.15, 0.2) is 16.4 Å². The van der Waals surface area contributed by atoms with Crippen LogP contribution in [-0.4, -0.2) is 84.3 Å². The van der Waals surface area contributed by atoms with E-state index in [-0.39, 0.29) is 42.3 Å². The number of alkyl halides is 9. The molecule has 0 atom stereocenters. The smallest absolute Gasteiger partial charge is 0.489 e. The topological polar surface area (TPSA) is 347 Å². The normalized spacial score (nSPS) is 11.0. The molecule has 32 heteroatoms. The molecule has 9 aromatic rings. The van der Waals surface area contributed by atoms with Gasteiger partial charge in [-0.3, -0.25) is 16.2 Å². The molecule has 0 fully saturated rings. The lowest BCUT2D eigenvalue weighted by atomic mass is 10.1. The van der Waals surface area contributed by atoms with E-state index in [1.807, 2.05) is 97.1 Å². The third-order valence-corrected chi connectivity index (χ3v) is 15.7. The zero-order valence-electron chi connectivity index (χ0n) is 44.5. The number of halogens is 10. The van der Waals surface area contributed by atoms with Gasteiger partial charge in [-0.15, -0.1) is 34.0 Å². The first-order valence-electron chi connectivity index (χ1n) is 24.0. The average molecular weight is 1310 g/mol. The van der Waals surface area contributed by atoms with E-state index in [4.69, 9.17) is 82.6 Å². The molecule has 0 saturated heterocycles. The first-order chi connectivity index (χ1) is 41.1. The molecule has 464 valence electrons. The lowest BCUT2D eigenvalue weighted by Crippen LogP contribution is -2.21. The van der Waals surface area contributed by atoms with Crippen LogP contribution in [0.25, 0.3) is 30.3 Å². The maximum absolute atomic E-state index is 12.8. The third kappa shape index (κ3) is 22.5. The van der Waals surface area contributed by atoms with Crippen molar-refractivity contribution in [3.8, 4) is 23.3 Å². The summed E-state index contributed by atoms with van der Waals surface area (Å²) in [6.45, 7) is 0.665. The van der Waals surface area contributed by atoms with E-state index >= 15 is 0 Å². The Morgan fingerprint density at radius 3 is 1.39 bits per heavy atom. The fourth-order valence-corrected chi connectivity index (χ4v) is 10.8. The molecule has 0 bridgehead atoms. The van der Waals surface area contributed by atoms with Gasteiger partial charge in [-0.25, -0.2) is 27.2 Å². The largest absolute Gasteiger partial charge is 0.490 e. The Balaban J connectivity index is 0.000000249. The summed E-state index contributed by atoms with van der Waals surface area (Å²) in [6.07, 6.45) is -15.3. The number of fused-ring (bicyclic) bond motifs is 3. The van der Waals surface area contributed by atoms with Crippen LogP contribution in [-0.2, 0) is 43.2 Å². The number of sulfone groups is 1. The van der Waals surface area contributed by atoms with Crippen LogP contribution in [0.5, 0.6) is 17.2 Å². The van der Waals surface area contributed by atoms with Crippen molar-refractivity contribution in [3.05, 3.63) is 189 Å². The number of hydrogen-bond donors (Lipinski definition) is 9. The number of carboxylic acid groups (broad SMARTS) is 3. The molecular formula is C56H45F10N7O11S4. The second-order valence-corrected chi connectivity index (χ2v) is 22.3. The zero-order chi connectivity index (χ0) is 65.7. The van der Waals surface area contributed by atoms with E-state index in [0.717, 1.165) is 62.5 Å². The molecule has 0 saturated carbocycles. The number of nitrogens with one attached hydrogen (secondary N) is 3. The predicted molar refractivity (Wildman–Crippen MR) is 310 cm³/mol. The van der Waals surface area contributed by atoms with Gasteiger partial charge in [0.1, 0.15) is 59.9 Å². The van der Waals surface area contributed by atoms with E-state index in [9.17, 15) is 52.3 Å². The number of rotatable bonds is 14. The Morgan fingerprint density at radius 2 is 0.943 bits per heavy atom. The highest BCUT2D eigenvalue weighted by atomic mass is 32.2. The van der Waals surface area contributed by atoms with Gasteiger partial charge in [0.2, 0.25) is 0 Å². The molecule has 0 aliphatic heterocycles. The molecule has 3 aromatic heterocycles. The number of nitrogen functional groups attached to an aromatic ring is 3. The van der Waals surface area contributed by atoms with Gasteiger partial charge in [-0.2, -0.15) is 44.8 Å². The van der Waals surface area contributed by atoms with Crippen LogP contribution in [0.2, 0.25) is 0 Å². The van der Waals surface area contributed by atoms with Crippen molar-refractivity contribution < 1.29 is 96.2 Å². The Kier molecular flexibility index (Phi) is 25.3. The lowest BCUT2D eigenvalue weighted by Gasteiger charge is -2.12. The number of nitrogens with two attached hydrogens (primary N) is 3. The zero-order valence-corrected chi connectivity index (χ0v) is 47.7. The average Bonchev–Trinajstić information content (AvgIpc) is 4.11. The van der Waals surface area contributed by atoms with Crippen molar-refractivity contribution in [3.63, 3.8) is 0 Å². The van der Waals surface area contributed by atoms with Crippen LogP contribution in [0.3, 0.4) is 0 Å². The second kappa shape index (κ2) is 31.5. The quantitative estimate of drug-likeness (QED) is 0.0277. The van der Waals surface area contributed by atoms with Gasteiger partial charge in [0, 0.05) is 19.5 Å². The van der Waals surface area contributed by atoms with Gasteiger partial charge in [-0.05, 0) is 118 Å². The fourth-order valence-electron chi connectivity index (χ4n) is 6.53. The number of nitriles is 1. The molecule has 0 radical (unpaired) electrons. The SMILES string of the molecule is N#CCOc1cccc2sc(C(=N)N)cc12.N=C(N)c1cc2ccc(OCc3ccc(F)cc3)cc2s1.N=C(N)c1cc2ccc(OCc3ccccc3CS(=O)(=O)c3ccccc3)cc2s1.O=C(O)C(F)(F)F.O=C(O)C(F)(F)F.O=C(O)C(F)(F)F. The summed E-state index contributed by atoms with van der Waals surface area (Å²) in [5, 5.41) is 55.2. The van der Waals surface area contributed by atoms with Crippen LogP contribution < -0.4 is 31.4 Å². The van der Waals surface area contributed by atoms with Gasteiger partial charge in [-0.1, -0.05) is 60.7 Å². The summed E-state index contributed by atoms with van der Waals surface area (Å²) in [5.74, 6) is -6.36. The first kappa shape index (κ1) is 70.6. The summed E-state index contributed by atoms with van der Waals surface area (Å²) >= 11 is 4.35. The molecule has 0 aliphatic carbocycles. The van der Waals surface area contributed by atoms with Crippen LogP contribution in [0.15, 0.2) is 157 Å². The number of aliphatic carboxylic acids is 3. The minimum absolute atomic E-state index is 0.0182. The molecule has 0 aliphatic rings. The van der Waals surface area contributed by atoms with E-state index in [2.05, 4.69) is 0 Å². The molecular weight excluding hydrogens is 1260 g/mol. The summed E-state index contributed by atoms with van der Waals surface area (Å²) < 4.78 is 154. The molecule has 3 heterocycles. The van der Waals surface area contributed by atoms with Crippen LogP contribution in [0, 0.1) is 33.4 Å². The van der Waals surface area contributed by atoms with Crippen molar-refractivity contribution in [1.29, 1.82) is 21.5 Å². The highest BCUT2D eigenvalue weighted by Crippen LogP contribution is 2.34. The molecule has 6 aromatic carbocycles. The minimum atomic E-state index is -5.08. The van der Waals surface area contributed by atoms with Crippen molar-refractivity contribution in [2.75, 3.05) is 6.61 Å². The van der Waals surface area contributed by atoms with E-state index < -0.39 is 46.3 Å². The van der Waals surface area contributed by atoms with Crippen LogP contribution in [0.4, 0.5) is 43.9 Å². The lowest BCUT2D eigenvalue weighted by molar-refractivity contribution is -0.193.